The van der Waals surface area contributed by atoms with Gasteiger partial charge in [-0.3, -0.25) is 0 Å². The third-order valence-electron chi connectivity index (χ3n) is 2.71. The summed E-state index contributed by atoms with van der Waals surface area (Å²) in [4.78, 5) is 0.176. The van der Waals surface area contributed by atoms with Crippen LogP contribution in [0.2, 0.25) is 0 Å². The molecule has 2 N–H and O–H groups in total. The number of furan rings is 1. The quantitative estimate of drug-likeness (QED) is 0.892. The van der Waals surface area contributed by atoms with Gasteiger partial charge in [-0.15, -0.1) is 0 Å². The fourth-order valence-electron chi connectivity index (χ4n) is 1.78. The molecule has 0 radical (unpaired) electrons. The molecule has 0 bridgehead atoms. The van der Waals surface area contributed by atoms with Crippen molar-refractivity contribution in [3.63, 3.8) is 0 Å². The van der Waals surface area contributed by atoms with E-state index in [1.54, 1.807) is 11.8 Å². The van der Waals surface area contributed by atoms with Crippen LogP contribution in [0.25, 0.3) is 0 Å². The van der Waals surface area contributed by atoms with Crippen LogP contribution in [0.1, 0.15) is 12.2 Å². The molecule has 2 heterocycles. The molecule has 0 atom stereocenters. The highest BCUT2D eigenvalue weighted by atomic mass is 79.9. The van der Waals surface area contributed by atoms with Gasteiger partial charge in [-0.05, 0) is 28.1 Å². The summed E-state index contributed by atoms with van der Waals surface area (Å²) in [5.74, 6) is 2.30. The first-order valence-corrected chi connectivity index (χ1v) is 9.00. The minimum Gasteiger partial charge on any atom is -0.452 e. The van der Waals surface area contributed by atoms with Crippen molar-refractivity contribution in [1.29, 1.82) is 0 Å². The van der Waals surface area contributed by atoms with Gasteiger partial charge >= 0.3 is 0 Å². The van der Waals surface area contributed by atoms with Crippen molar-refractivity contribution in [2.75, 3.05) is 24.6 Å². The fourth-order valence-corrected chi connectivity index (χ4v) is 5.22. The van der Waals surface area contributed by atoms with E-state index >= 15 is 0 Å². The summed E-state index contributed by atoms with van der Waals surface area (Å²) in [6, 6.07) is 1.50. The SMILES string of the molecule is NCc1cc(S(=O)(=O)N2CCCSCC2)c(Br)o1. The summed E-state index contributed by atoms with van der Waals surface area (Å²) in [6.07, 6.45) is 0.878. The number of nitrogens with zero attached hydrogens (tertiary/aromatic N) is 1. The van der Waals surface area contributed by atoms with E-state index in [2.05, 4.69) is 15.9 Å². The second kappa shape index (κ2) is 5.96. The predicted octanol–water partition coefficient (Wildman–Crippen LogP) is 1.63. The molecule has 0 unspecified atom stereocenters. The van der Waals surface area contributed by atoms with Crippen LogP contribution >= 0.6 is 27.7 Å². The Morgan fingerprint density at radius 1 is 1.44 bits per heavy atom. The largest absolute Gasteiger partial charge is 0.452 e. The predicted molar refractivity (Wildman–Crippen MR) is 75.0 cm³/mol. The minimum atomic E-state index is -3.48. The lowest BCUT2D eigenvalue weighted by Gasteiger charge is -2.18. The van der Waals surface area contributed by atoms with Crippen molar-refractivity contribution >= 4 is 37.7 Å². The van der Waals surface area contributed by atoms with Crippen LogP contribution in [-0.4, -0.2) is 37.3 Å². The lowest BCUT2D eigenvalue weighted by atomic mass is 10.5. The third-order valence-corrected chi connectivity index (χ3v) is 6.51. The molecule has 5 nitrogen and oxygen atoms in total. The van der Waals surface area contributed by atoms with Gasteiger partial charge in [-0.25, -0.2) is 8.42 Å². The van der Waals surface area contributed by atoms with E-state index in [0.717, 1.165) is 17.9 Å². The normalized spacial score (nSPS) is 18.8. The lowest BCUT2D eigenvalue weighted by Crippen LogP contribution is -2.32. The molecule has 0 aliphatic carbocycles. The first-order chi connectivity index (χ1) is 8.55. The van der Waals surface area contributed by atoms with Gasteiger partial charge in [0.2, 0.25) is 10.0 Å². The Labute approximate surface area is 119 Å². The fraction of sp³-hybridized carbons (Fsp3) is 0.600. The standard InChI is InChI=1S/C10H15BrN2O3S2/c11-10-9(6-8(7-12)16-10)18(14,15)13-2-1-4-17-5-3-13/h6H,1-5,7,12H2. The van der Waals surface area contributed by atoms with E-state index in [-0.39, 0.29) is 16.1 Å². The molecule has 18 heavy (non-hydrogen) atoms. The highest BCUT2D eigenvalue weighted by Gasteiger charge is 2.29. The number of rotatable bonds is 3. The van der Waals surface area contributed by atoms with Gasteiger partial charge in [-0.1, -0.05) is 0 Å². The number of nitrogens with two attached hydrogens (primary N) is 1. The van der Waals surface area contributed by atoms with Gasteiger partial charge in [0.25, 0.3) is 0 Å². The average molecular weight is 355 g/mol. The first-order valence-electron chi connectivity index (χ1n) is 5.62. The molecule has 1 aromatic heterocycles. The Morgan fingerprint density at radius 3 is 2.89 bits per heavy atom. The summed E-state index contributed by atoms with van der Waals surface area (Å²) in [5.41, 5.74) is 5.45. The Morgan fingerprint density at radius 2 is 2.22 bits per heavy atom. The first kappa shape index (κ1) is 14.4. The van der Waals surface area contributed by atoms with Crippen molar-refractivity contribution in [3.8, 4) is 0 Å². The number of thioether (sulfide) groups is 1. The lowest BCUT2D eigenvalue weighted by molar-refractivity contribution is 0.431. The number of sulfonamides is 1. The Hall–Kier alpha value is -0.0200. The molecular weight excluding hydrogens is 340 g/mol. The molecule has 1 aromatic rings. The van der Waals surface area contributed by atoms with Crippen LogP contribution in [0.3, 0.4) is 0 Å². The molecule has 0 saturated carbocycles. The summed E-state index contributed by atoms with van der Waals surface area (Å²) >= 11 is 4.93. The zero-order chi connectivity index (χ0) is 13.2. The van der Waals surface area contributed by atoms with Crippen LogP contribution in [0, 0.1) is 0 Å². The van der Waals surface area contributed by atoms with E-state index < -0.39 is 10.0 Å². The van der Waals surface area contributed by atoms with Gasteiger partial charge in [0.05, 0.1) is 6.54 Å². The average Bonchev–Trinajstić information content (AvgIpc) is 2.55. The van der Waals surface area contributed by atoms with Gasteiger partial charge in [0.15, 0.2) is 4.67 Å². The zero-order valence-corrected chi connectivity index (χ0v) is 13.0. The maximum atomic E-state index is 12.5. The molecule has 8 heteroatoms. The van der Waals surface area contributed by atoms with Crippen LogP contribution in [0.5, 0.6) is 0 Å². The van der Waals surface area contributed by atoms with Crippen LogP contribution < -0.4 is 5.73 Å². The molecule has 0 amide bonds. The second-order valence-corrected chi connectivity index (χ2v) is 7.78. The molecule has 102 valence electrons. The molecule has 0 aromatic carbocycles. The molecular formula is C10H15BrN2O3S2. The minimum absolute atomic E-state index is 0.176. The summed E-state index contributed by atoms with van der Waals surface area (Å²) in [5, 5.41) is 0. The highest BCUT2D eigenvalue weighted by Crippen LogP contribution is 2.29. The smallest absolute Gasteiger partial charge is 0.247 e. The summed E-state index contributed by atoms with van der Waals surface area (Å²) < 4.78 is 32.0. The Kier molecular flexibility index (Phi) is 4.76. The maximum Gasteiger partial charge on any atom is 0.247 e. The third kappa shape index (κ3) is 2.93. The number of hydrogen-bond acceptors (Lipinski definition) is 5. The van der Waals surface area contributed by atoms with Crippen molar-refractivity contribution in [2.45, 2.75) is 17.9 Å². The molecule has 1 aliphatic heterocycles. The van der Waals surface area contributed by atoms with Crippen molar-refractivity contribution in [2.24, 2.45) is 5.73 Å². The molecule has 1 saturated heterocycles. The molecule has 0 spiro atoms. The van der Waals surface area contributed by atoms with Gasteiger partial charge in [-0.2, -0.15) is 16.1 Å². The van der Waals surface area contributed by atoms with E-state index in [1.807, 2.05) is 0 Å². The van der Waals surface area contributed by atoms with Crippen molar-refractivity contribution in [1.82, 2.24) is 4.31 Å². The highest BCUT2D eigenvalue weighted by molar-refractivity contribution is 9.10. The van der Waals surface area contributed by atoms with Crippen LogP contribution in [0.15, 0.2) is 20.0 Å². The van der Waals surface area contributed by atoms with Gasteiger partial charge in [0.1, 0.15) is 10.7 Å². The summed E-state index contributed by atoms with van der Waals surface area (Å²) in [7, 11) is -3.48. The van der Waals surface area contributed by atoms with Gasteiger partial charge in [0, 0.05) is 24.9 Å². The number of hydrogen-bond donors (Lipinski definition) is 1. The topological polar surface area (TPSA) is 76.5 Å². The van der Waals surface area contributed by atoms with Crippen LogP contribution in [0.4, 0.5) is 0 Å². The second-order valence-electron chi connectivity index (χ2n) is 3.92. The van der Waals surface area contributed by atoms with Crippen molar-refractivity contribution < 1.29 is 12.8 Å². The van der Waals surface area contributed by atoms with Crippen LogP contribution in [-0.2, 0) is 16.6 Å². The number of halogens is 1. The monoisotopic (exact) mass is 354 g/mol. The Balaban J connectivity index is 2.31. The zero-order valence-electron chi connectivity index (χ0n) is 9.76. The van der Waals surface area contributed by atoms with E-state index in [1.165, 1.54) is 10.4 Å². The molecule has 2 rings (SSSR count). The van der Waals surface area contributed by atoms with E-state index in [9.17, 15) is 8.42 Å². The molecule has 1 aliphatic rings. The maximum absolute atomic E-state index is 12.5. The summed E-state index contributed by atoms with van der Waals surface area (Å²) in [6.45, 7) is 1.29. The van der Waals surface area contributed by atoms with E-state index in [4.69, 9.17) is 10.2 Å². The van der Waals surface area contributed by atoms with Crippen molar-refractivity contribution in [3.05, 3.63) is 16.5 Å². The Bertz CT molecular complexity index is 507. The van der Waals surface area contributed by atoms with Gasteiger partial charge < -0.3 is 10.2 Å². The molecule has 1 fully saturated rings. The van der Waals surface area contributed by atoms with E-state index in [0.29, 0.717) is 18.8 Å².